The molecule has 3 aromatic rings. The van der Waals surface area contributed by atoms with E-state index in [-0.39, 0.29) is 11.8 Å². The van der Waals surface area contributed by atoms with Crippen LogP contribution in [0.3, 0.4) is 0 Å². The topological polar surface area (TPSA) is 67.4 Å². The van der Waals surface area contributed by atoms with Crippen molar-refractivity contribution in [1.29, 1.82) is 0 Å². The van der Waals surface area contributed by atoms with E-state index in [0.29, 0.717) is 18.2 Å². The molecular formula is C24H26N4O2. The first kappa shape index (κ1) is 19.9. The molecule has 1 fully saturated rings. The van der Waals surface area contributed by atoms with Crippen LogP contribution in [-0.2, 0) is 4.79 Å². The van der Waals surface area contributed by atoms with Crippen LogP contribution in [0.4, 0.5) is 11.5 Å². The van der Waals surface area contributed by atoms with Crippen molar-refractivity contribution in [2.75, 3.05) is 23.3 Å². The fourth-order valence-electron chi connectivity index (χ4n) is 3.73. The number of carbonyl (C=O) groups is 1. The van der Waals surface area contributed by atoms with Crippen LogP contribution in [-0.4, -0.2) is 29.0 Å². The number of aromatic nitrogens is 2. The van der Waals surface area contributed by atoms with Crippen molar-refractivity contribution >= 4 is 17.4 Å². The Morgan fingerprint density at radius 2 is 1.93 bits per heavy atom. The van der Waals surface area contributed by atoms with Gasteiger partial charge in [0.1, 0.15) is 5.75 Å². The molecule has 0 spiro atoms. The molecule has 1 amide bonds. The Kier molecular flexibility index (Phi) is 5.93. The van der Waals surface area contributed by atoms with Crippen LogP contribution in [0.1, 0.15) is 24.0 Å². The van der Waals surface area contributed by atoms with Crippen LogP contribution in [0.5, 0.6) is 11.6 Å². The molecule has 1 aliphatic heterocycles. The number of hydrogen-bond acceptors (Lipinski definition) is 5. The van der Waals surface area contributed by atoms with Crippen molar-refractivity contribution in [3.8, 4) is 11.6 Å². The molecule has 30 heavy (non-hydrogen) atoms. The molecule has 1 N–H and O–H groups in total. The maximum absolute atomic E-state index is 12.9. The van der Waals surface area contributed by atoms with E-state index in [2.05, 4.69) is 20.2 Å². The molecule has 0 radical (unpaired) electrons. The lowest BCUT2D eigenvalue weighted by molar-refractivity contribution is -0.120. The van der Waals surface area contributed by atoms with Gasteiger partial charge < -0.3 is 15.0 Å². The van der Waals surface area contributed by atoms with E-state index in [0.717, 1.165) is 42.0 Å². The summed E-state index contributed by atoms with van der Waals surface area (Å²) in [7, 11) is 0. The van der Waals surface area contributed by atoms with Gasteiger partial charge in [-0.2, -0.15) is 0 Å². The lowest BCUT2D eigenvalue weighted by Crippen LogP contribution is -2.41. The number of carbonyl (C=O) groups excluding carboxylic acids is 1. The minimum absolute atomic E-state index is 0.0376. The van der Waals surface area contributed by atoms with Gasteiger partial charge >= 0.3 is 0 Å². The lowest BCUT2D eigenvalue weighted by Gasteiger charge is -2.33. The maximum atomic E-state index is 12.9. The predicted octanol–water partition coefficient (Wildman–Crippen LogP) is 4.74. The Morgan fingerprint density at radius 3 is 2.77 bits per heavy atom. The van der Waals surface area contributed by atoms with Gasteiger partial charge in [-0.05, 0) is 56.0 Å². The highest BCUT2D eigenvalue weighted by molar-refractivity contribution is 5.93. The van der Waals surface area contributed by atoms with Gasteiger partial charge in [0.2, 0.25) is 5.91 Å². The summed E-state index contributed by atoms with van der Waals surface area (Å²) in [6, 6.07) is 15.7. The first-order chi connectivity index (χ1) is 14.6. The molecule has 0 saturated carbocycles. The number of nitrogens with zero attached hydrogens (tertiary/aromatic N) is 3. The predicted molar refractivity (Wildman–Crippen MR) is 118 cm³/mol. The average molecular weight is 402 g/mol. The Morgan fingerprint density at radius 1 is 1.10 bits per heavy atom. The second-order valence-corrected chi connectivity index (χ2v) is 7.70. The zero-order chi connectivity index (χ0) is 20.9. The Bertz CT molecular complexity index is 1040. The third-order valence-corrected chi connectivity index (χ3v) is 5.32. The second-order valence-electron chi connectivity index (χ2n) is 7.70. The van der Waals surface area contributed by atoms with E-state index in [1.54, 1.807) is 12.4 Å². The Labute approximate surface area is 176 Å². The number of hydrogen-bond donors (Lipinski definition) is 1. The zero-order valence-electron chi connectivity index (χ0n) is 17.3. The third-order valence-electron chi connectivity index (χ3n) is 5.32. The molecule has 1 unspecified atom stereocenters. The highest BCUT2D eigenvalue weighted by Gasteiger charge is 2.28. The van der Waals surface area contributed by atoms with Crippen LogP contribution >= 0.6 is 0 Å². The molecular weight excluding hydrogens is 376 g/mol. The van der Waals surface area contributed by atoms with Gasteiger partial charge in [0.15, 0.2) is 5.82 Å². The number of nitrogens with one attached hydrogen (secondary N) is 1. The van der Waals surface area contributed by atoms with Crippen LogP contribution in [0.25, 0.3) is 0 Å². The van der Waals surface area contributed by atoms with E-state index in [1.807, 2.05) is 62.4 Å². The number of anilines is 2. The van der Waals surface area contributed by atoms with Crippen molar-refractivity contribution in [2.24, 2.45) is 5.92 Å². The quantitative estimate of drug-likeness (QED) is 0.668. The molecule has 1 saturated heterocycles. The van der Waals surface area contributed by atoms with E-state index >= 15 is 0 Å². The number of amides is 1. The van der Waals surface area contributed by atoms with E-state index < -0.39 is 0 Å². The SMILES string of the molecule is Cc1cccc(NC(=O)C2CCCN(c3nccnc3Oc3ccccc3C)C2)c1. The van der Waals surface area contributed by atoms with Crippen molar-refractivity contribution in [1.82, 2.24) is 9.97 Å². The summed E-state index contributed by atoms with van der Waals surface area (Å²) < 4.78 is 6.08. The standard InChI is InChI=1S/C24H26N4O2/c1-17-7-5-10-20(15-17)27-23(29)19-9-6-14-28(16-19)22-24(26-13-12-25-22)30-21-11-4-3-8-18(21)2/h3-5,7-8,10-13,15,19H,6,9,14,16H2,1-2H3,(H,27,29). The molecule has 0 bridgehead atoms. The van der Waals surface area contributed by atoms with Crippen LogP contribution < -0.4 is 15.0 Å². The first-order valence-corrected chi connectivity index (χ1v) is 10.3. The molecule has 2 aromatic carbocycles. The minimum atomic E-state index is -0.118. The molecule has 6 nitrogen and oxygen atoms in total. The fraction of sp³-hybridized carbons (Fsp3) is 0.292. The fourth-order valence-corrected chi connectivity index (χ4v) is 3.73. The van der Waals surface area contributed by atoms with Crippen molar-refractivity contribution < 1.29 is 9.53 Å². The summed E-state index contributed by atoms with van der Waals surface area (Å²) in [6.45, 7) is 5.41. The number of piperidine rings is 1. The minimum Gasteiger partial charge on any atom is -0.436 e. The molecule has 1 aromatic heterocycles. The van der Waals surface area contributed by atoms with Crippen LogP contribution in [0.2, 0.25) is 0 Å². The summed E-state index contributed by atoms with van der Waals surface area (Å²) in [5.41, 5.74) is 2.99. The second kappa shape index (κ2) is 8.95. The Hall–Kier alpha value is -3.41. The monoisotopic (exact) mass is 402 g/mol. The molecule has 1 aliphatic rings. The van der Waals surface area contributed by atoms with E-state index in [1.165, 1.54) is 0 Å². The molecule has 4 rings (SSSR count). The summed E-state index contributed by atoms with van der Waals surface area (Å²) in [4.78, 5) is 23.9. The molecule has 154 valence electrons. The highest BCUT2D eigenvalue weighted by Crippen LogP contribution is 2.32. The van der Waals surface area contributed by atoms with Gasteiger partial charge in [-0.1, -0.05) is 30.3 Å². The van der Waals surface area contributed by atoms with Crippen molar-refractivity contribution in [3.05, 3.63) is 72.1 Å². The molecule has 6 heteroatoms. The number of para-hydroxylation sites is 1. The van der Waals surface area contributed by atoms with E-state index in [4.69, 9.17) is 4.74 Å². The van der Waals surface area contributed by atoms with Crippen molar-refractivity contribution in [2.45, 2.75) is 26.7 Å². The molecule has 1 atom stereocenters. The molecule has 0 aliphatic carbocycles. The van der Waals surface area contributed by atoms with Crippen LogP contribution in [0.15, 0.2) is 60.9 Å². The zero-order valence-corrected chi connectivity index (χ0v) is 17.3. The van der Waals surface area contributed by atoms with Gasteiger partial charge in [-0.15, -0.1) is 0 Å². The van der Waals surface area contributed by atoms with Gasteiger partial charge in [-0.3, -0.25) is 4.79 Å². The van der Waals surface area contributed by atoms with Crippen molar-refractivity contribution in [3.63, 3.8) is 0 Å². The average Bonchev–Trinajstić information content (AvgIpc) is 2.76. The van der Waals surface area contributed by atoms with Gasteiger partial charge in [0, 0.05) is 31.2 Å². The number of ether oxygens (including phenoxy) is 1. The van der Waals surface area contributed by atoms with Gasteiger partial charge in [-0.25, -0.2) is 9.97 Å². The first-order valence-electron chi connectivity index (χ1n) is 10.3. The van der Waals surface area contributed by atoms with Gasteiger partial charge in [0.05, 0.1) is 5.92 Å². The van der Waals surface area contributed by atoms with Gasteiger partial charge in [0.25, 0.3) is 5.88 Å². The summed E-state index contributed by atoms with van der Waals surface area (Å²) in [6.07, 6.45) is 5.05. The normalized spacial score (nSPS) is 16.2. The number of rotatable bonds is 5. The maximum Gasteiger partial charge on any atom is 0.263 e. The molecule has 2 heterocycles. The summed E-state index contributed by atoms with van der Waals surface area (Å²) >= 11 is 0. The van der Waals surface area contributed by atoms with Crippen LogP contribution in [0, 0.1) is 19.8 Å². The largest absolute Gasteiger partial charge is 0.436 e. The lowest BCUT2D eigenvalue weighted by atomic mass is 9.97. The smallest absolute Gasteiger partial charge is 0.263 e. The van der Waals surface area contributed by atoms with E-state index in [9.17, 15) is 4.79 Å². The number of benzene rings is 2. The third kappa shape index (κ3) is 4.59. The Balaban J connectivity index is 1.49. The summed E-state index contributed by atoms with van der Waals surface area (Å²) in [5.74, 6) is 1.81. The highest BCUT2D eigenvalue weighted by atomic mass is 16.5. The summed E-state index contributed by atoms with van der Waals surface area (Å²) in [5, 5.41) is 3.05. The number of aryl methyl sites for hydroxylation is 2.